The normalized spacial score (nSPS) is 11.1. The second-order valence-corrected chi connectivity index (χ2v) is 5.55. The molecule has 0 saturated heterocycles. The molecule has 1 amide bonds. The molecule has 3 N–H and O–H groups in total. The van der Waals surface area contributed by atoms with E-state index in [0.717, 1.165) is 5.56 Å². The minimum Gasteiger partial charge on any atom is -0.393 e. The molecule has 0 saturated carbocycles. The van der Waals surface area contributed by atoms with E-state index in [1.54, 1.807) is 11.3 Å². The smallest absolute Gasteiger partial charge is 0.224 e. The summed E-state index contributed by atoms with van der Waals surface area (Å²) in [7, 11) is 0. The standard InChI is InChI=1S/C11H16N2OS2/c1-11(2,10(12)15)7-13-9(14)5-8-3-4-16-6-8/h3-4,6H,5,7H2,1-2H3,(H2,12,15)(H,13,14). The fourth-order valence-electron chi connectivity index (χ4n) is 1.05. The van der Waals surface area contributed by atoms with E-state index in [4.69, 9.17) is 18.0 Å². The van der Waals surface area contributed by atoms with Crippen LogP contribution in [0.25, 0.3) is 0 Å². The lowest BCUT2D eigenvalue weighted by molar-refractivity contribution is -0.120. The first-order valence-electron chi connectivity index (χ1n) is 4.99. The summed E-state index contributed by atoms with van der Waals surface area (Å²) in [6.45, 7) is 4.31. The van der Waals surface area contributed by atoms with E-state index in [0.29, 0.717) is 18.0 Å². The van der Waals surface area contributed by atoms with Crippen molar-refractivity contribution in [2.75, 3.05) is 6.54 Å². The van der Waals surface area contributed by atoms with Gasteiger partial charge in [0.1, 0.15) is 0 Å². The second kappa shape index (κ2) is 5.41. The van der Waals surface area contributed by atoms with Crippen LogP contribution in [-0.4, -0.2) is 17.4 Å². The number of carbonyl (C=O) groups is 1. The van der Waals surface area contributed by atoms with E-state index in [1.807, 2.05) is 30.7 Å². The van der Waals surface area contributed by atoms with E-state index in [2.05, 4.69) is 5.32 Å². The summed E-state index contributed by atoms with van der Waals surface area (Å²) in [6.07, 6.45) is 0.414. The minimum atomic E-state index is -0.334. The third-order valence-electron chi connectivity index (χ3n) is 2.34. The Kier molecular flexibility index (Phi) is 4.44. The molecule has 0 unspecified atom stereocenters. The number of nitrogens with one attached hydrogen (secondary N) is 1. The molecule has 0 atom stereocenters. The van der Waals surface area contributed by atoms with Gasteiger partial charge >= 0.3 is 0 Å². The van der Waals surface area contributed by atoms with Crippen LogP contribution in [0, 0.1) is 5.41 Å². The van der Waals surface area contributed by atoms with Crippen molar-refractivity contribution in [3.8, 4) is 0 Å². The average molecular weight is 256 g/mol. The predicted octanol–water partition coefficient (Wildman–Crippen LogP) is 1.72. The zero-order valence-electron chi connectivity index (χ0n) is 9.45. The van der Waals surface area contributed by atoms with Crippen molar-refractivity contribution >= 4 is 34.5 Å². The van der Waals surface area contributed by atoms with E-state index in [9.17, 15) is 4.79 Å². The largest absolute Gasteiger partial charge is 0.393 e. The zero-order chi connectivity index (χ0) is 12.2. The number of thiocarbonyl (C=S) groups is 1. The van der Waals surface area contributed by atoms with E-state index in [1.165, 1.54) is 0 Å². The van der Waals surface area contributed by atoms with Crippen molar-refractivity contribution in [3.05, 3.63) is 22.4 Å². The van der Waals surface area contributed by atoms with Gasteiger partial charge in [0.05, 0.1) is 11.4 Å². The molecule has 0 aliphatic heterocycles. The SMILES string of the molecule is CC(C)(CNC(=O)Cc1ccsc1)C(N)=S. The first-order valence-corrected chi connectivity index (χ1v) is 6.34. The Morgan fingerprint density at radius 2 is 2.31 bits per heavy atom. The third kappa shape index (κ3) is 3.90. The summed E-state index contributed by atoms with van der Waals surface area (Å²) in [4.78, 5) is 12.0. The van der Waals surface area contributed by atoms with E-state index in [-0.39, 0.29) is 11.3 Å². The molecule has 0 aromatic carbocycles. The molecular formula is C11H16N2OS2. The zero-order valence-corrected chi connectivity index (χ0v) is 11.1. The number of nitrogens with two attached hydrogens (primary N) is 1. The lowest BCUT2D eigenvalue weighted by atomic mass is 9.93. The van der Waals surface area contributed by atoms with E-state index >= 15 is 0 Å². The monoisotopic (exact) mass is 256 g/mol. The maximum Gasteiger partial charge on any atom is 0.224 e. The third-order valence-corrected chi connectivity index (χ3v) is 3.62. The summed E-state index contributed by atoms with van der Waals surface area (Å²) in [6, 6.07) is 1.95. The number of carbonyl (C=O) groups excluding carboxylic acids is 1. The van der Waals surface area contributed by atoms with E-state index < -0.39 is 0 Å². The van der Waals surface area contributed by atoms with Gasteiger partial charge in [0, 0.05) is 12.0 Å². The molecule has 1 heterocycles. The Morgan fingerprint density at radius 3 is 2.81 bits per heavy atom. The Bertz CT molecular complexity index is 371. The summed E-state index contributed by atoms with van der Waals surface area (Å²) < 4.78 is 0. The van der Waals surface area contributed by atoms with Crippen LogP contribution in [0.15, 0.2) is 16.8 Å². The van der Waals surface area contributed by atoms with Gasteiger partial charge in [0.25, 0.3) is 0 Å². The second-order valence-electron chi connectivity index (χ2n) is 4.33. The fourth-order valence-corrected chi connectivity index (χ4v) is 1.79. The lowest BCUT2D eigenvalue weighted by Crippen LogP contribution is -2.41. The highest BCUT2D eigenvalue weighted by atomic mass is 32.1. The van der Waals surface area contributed by atoms with Crippen LogP contribution in [0.3, 0.4) is 0 Å². The van der Waals surface area contributed by atoms with Crippen LogP contribution in [0.1, 0.15) is 19.4 Å². The molecule has 1 aromatic heterocycles. The molecule has 5 heteroatoms. The minimum absolute atomic E-state index is 0.00252. The molecular weight excluding hydrogens is 240 g/mol. The predicted molar refractivity (Wildman–Crippen MR) is 71.6 cm³/mol. The van der Waals surface area contributed by atoms with Crippen LogP contribution >= 0.6 is 23.6 Å². The first kappa shape index (κ1) is 13.1. The van der Waals surface area contributed by atoms with Gasteiger partial charge in [-0.1, -0.05) is 26.1 Å². The fraction of sp³-hybridized carbons (Fsp3) is 0.455. The summed E-state index contributed by atoms with van der Waals surface area (Å²) in [5, 5.41) is 6.77. The molecule has 0 aliphatic rings. The highest BCUT2D eigenvalue weighted by Crippen LogP contribution is 2.13. The van der Waals surface area contributed by atoms with Crippen LogP contribution in [-0.2, 0) is 11.2 Å². The maximum absolute atomic E-state index is 11.6. The molecule has 0 fully saturated rings. The molecule has 0 spiro atoms. The van der Waals surface area contributed by atoms with Crippen LogP contribution in [0.2, 0.25) is 0 Å². The number of hydrogen-bond donors (Lipinski definition) is 2. The van der Waals surface area contributed by atoms with Crippen molar-refractivity contribution in [3.63, 3.8) is 0 Å². The van der Waals surface area contributed by atoms with Crippen molar-refractivity contribution in [2.24, 2.45) is 11.1 Å². The van der Waals surface area contributed by atoms with Crippen molar-refractivity contribution in [1.29, 1.82) is 0 Å². The van der Waals surface area contributed by atoms with Crippen LogP contribution < -0.4 is 11.1 Å². The van der Waals surface area contributed by atoms with Gasteiger partial charge in [-0.2, -0.15) is 11.3 Å². The number of rotatable bonds is 5. The van der Waals surface area contributed by atoms with Gasteiger partial charge < -0.3 is 11.1 Å². The van der Waals surface area contributed by atoms with Gasteiger partial charge in [-0.15, -0.1) is 0 Å². The summed E-state index contributed by atoms with van der Waals surface area (Å²) >= 11 is 6.52. The van der Waals surface area contributed by atoms with Gasteiger partial charge in [0.2, 0.25) is 5.91 Å². The lowest BCUT2D eigenvalue weighted by Gasteiger charge is -2.23. The topological polar surface area (TPSA) is 55.1 Å². The highest BCUT2D eigenvalue weighted by Gasteiger charge is 2.21. The van der Waals surface area contributed by atoms with Crippen LogP contribution in [0.5, 0.6) is 0 Å². The molecule has 1 aromatic rings. The molecule has 88 valence electrons. The van der Waals surface area contributed by atoms with Gasteiger partial charge in [-0.3, -0.25) is 4.79 Å². The molecule has 0 aliphatic carbocycles. The maximum atomic E-state index is 11.6. The van der Waals surface area contributed by atoms with Gasteiger partial charge in [-0.25, -0.2) is 0 Å². The average Bonchev–Trinajstić information content (AvgIpc) is 2.67. The number of amides is 1. The Hall–Kier alpha value is -0.940. The van der Waals surface area contributed by atoms with Crippen LogP contribution in [0.4, 0.5) is 0 Å². The quantitative estimate of drug-likeness (QED) is 0.789. The van der Waals surface area contributed by atoms with Gasteiger partial charge in [0.15, 0.2) is 0 Å². The van der Waals surface area contributed by atoms with Gasteiger partial charge in [-0.05, 0) is 22.4 Å². The van der Waals surface area contributed by atoms with Crippen molar-refractivity contribution < 1.29 is 4.79 Å². The Balaban J connectivity index is 2.39. The highest BCUT2D eigenvalue weighted by molar-refractivity contribution is 7.80. The molecule has 3 nitrogen and oxygen atoms in total. The summed E-state index contributed by atoms with van der Waals surface area (Å²) in [5.41, 5.74) is 6.28. The molecule has 0 bridgehead atoms. The van der Waals surface area contributed by atoms with Crippen molar-refractivity contribution in [2.45, 2.75) is 20.3 Å². The Labute approximate surface area is 105 Å². The molecule has 0 radical (unpaired) electrons. The molecule has 16 heavy (non-hydrogen) atoms. The number of thiophene rings is 1. The molecule has 1 rings (SSSR count). The number of hydrogen-bond acceptors (Lipinski definition) is 3. The first-order chi connectivity index (χ1) is 7.42. The van der Waals surface area contributed by atoms with Crippen molar-refractivity contribution in [1.82, 2.24) is 5.32 Å². The Morgan fingerprint density at radius 1 is 1.62 bits per heavy atom. The summed E-state index contributed by atoms with van der Waals surface area (Å²) in [5.74, 6) is 0.00252.